The smallest absolute Gasteiger partial charge is 0.416 e. The lowest BCUT2D eigenvalue weighted by Crippen LogP contribution is -2.33. The number of ketones is 1. The van der Waals surface area contributed by atoms with Gasteiger partial charge in [0.1, 0.15) is 11.5 Å². The Labute approximate surface area is 288 Å². The van der Waals surface area contributed by atoms with Gasteiger partial charge in [-0.1, -0.05) is 12.1 Å². The third-order valence-electron chi connectivity index (χ3n) is 10.3. The number of rotatable bonds is 6. The number of benzene rings is 3. The van der Waals surface area contributed by atoms with Crippen molar-refractivity contribution in [2.24, 2.45) is 5.92 Å². The Hall–Kier alpha value is -3.63. The molecule has 1 saturated carbocycles. The number of hydrogen-bond acceptors (Lipinski definition) is 4. The molecule has 1 aliphatic carbocycles. The van der Waals surface area contributed by atoms with Crippen molar-refractivity contribution in [1.82, 2.24) is 9.03 Å². The van der Waals surface area contributed by atoms with Crippen molar-refractivity contribution < 1.29 is 57.5 Å². The number of methoxy groups -OCH3 is 1. The van der Waals surface area contributed by atoms with Gasteiger partial charge in [0.05, 0.1) is 35.9 Å². The lowest BCUT2D eigenvalue weighted by molar-refractivity contribution is -0.143. The van der Waals surface area contributed by atoms with Crippen LogP contribution in [0.15, 0.2) is 54.6 Å². The fraction of sp³-hybridized carbons (Fsp3) is 0.457. The average molecular weight is 749 g/mol. The number of carbonyl (C=O) groups is 1. The zero-order valence-corrected chi connectivity index (χ0v) is 28.0. The van der Waals surface area contributed by atoms with Crippen LogP contribution in [0.2, 0.25) is 0 Å². The summed E-state index contributed by atoms with van der Waals surface area (Å²) in [6, 6.07) is 5.00. The number of carbonyl (C=O) groups excluding carboxylic acids is 1. The Morgan fingerprint density at radius 2 is 1.33 bits per heavy atom. The maximum atomic E-state index is 14.1. The van der Waals surface area contributed by atoms with Gasteiger partial charge in [-0.2, -0.15) is 57.0 Å². The summed E-state index contributed by atoms with van der Waals surface area (Å²) in [6.45, 7) is 1.55. The van der Waals surface area contributed by atoms with E-state index in [2.05, 4.69) is 4.72 Å². The highest BCUT2D eigenvalue weighted by Gasteiger charge is 2.54. The third kappa shape index (κ3) is 7.23. The molecule has 0 unspecified atom stereocenters. The van der Waals surface area contributed by atoms with Crippen LogP contribution in [-0.4, -0.2) is 31.7 Å². The molecule has 3 atom stereocenters. The quantitative estimate of drug-likeness (QED) is 0.255. The maximum Gasteiger partial charge on any atom is 0.416 e. The van der Waals surface area contributed by atoms with Crippen molar-refractivity contribution in [3.63, 3.8) is 0 Å². The minimum Gasteiger partial charge on any atom is -0.496 e. The molecule has 0 aromatic heterocycles. The first-order valence-corrected chi connectivity index (χ1v) is 17.6. The molecule has 2 saturated heterocycles. The Morgan fingerprint density at radius 1 is 0.725 bits per heavy atom. The molecule has 0 spiro atoms. The normalized spacial score (nSPS) is 25.5. The van der Waals surface area contributed by atoms with E-state index < -0.39 is 69.1 Å². The molecule has 2 heterocycles. The van der Waals surface area contributed by atoms with Gasteiger partial charge in [0, 0.05) is 17.5 Å². The van der Waals surface area contributed by atoms with E-state index in [1.807, 2.05) is 6.07 Å². The Kier molecular flexibility index (Phi) is 9.54. The van der Waals surface area contributed by atoms with E-state index in [0.717, 1.165) is 22.0 Å². The summed E-state index contributed by atoms with van der Waals surface area (Å²) >= 11 is 0. The van der Waals surface area contributed by atoms with Crippen LogP contribution in [0.5, 0.6) is 5.75 Å². The molecule has 6 nitrogen and oxygen atoms in total. The van der Waals surface area contributed by atoms with E-state index in [4.69, 9.17) is 4.74 Å². The van der Waals surface area contributed by atoms with E-state index in [0.29, 0.717) is 43.4 Å². The monoisotopic (exact) mass is 748 g/mol. The van der Waals surface area contributed by atoms with Crippen molar-refractivity contribution in [3.8, 4) is 16.9 Å². The summed E-state index contributed by atoms with van der Waals surface area (Å²) < 4.78 is 160. The van der Waals surface area contributed by atoms with Crippen molar-refractivity contribution in [2.75, 3.05) is 7.11 Å². The van der Waals surface area contributed by atoms with Crippen LogP contribution in [0.4, 0.5) is 39.5 Å². The van der Waals surface area contributed by atoms with Crippen molar-refractivity contribution in [2.45, 2.75) is 88.0 Å². The second-order valence-corrected chi connectivity index (χ2v) is 15.0. The minimum atomic E-state index is -5.18. The number of nitrogens with zero attached hydrogens (tertiary/aromatic N) is 1. The summed E-state index contributed by atoms with van der Waals surface area (Å²) in [7, 11) is -3.26. The largest absolute Gasteiger partial charge is 0.496 e. The molecular weight excluding hydrogens is 715 g/mol. The van der Waals surface area contributed by atoms with Gasteiger partial charge in [-0.3, -0.25) is 4.79 Å². The van der Waals surface area contributed by atoms with Crippen LogP contribution in [0.3, 0.4) is 0 Å². The fourth-order valence-corrected chi connectivity index (χ4v) is 9.67. The summed E-state index contributed by atoms with van der Waals surface area (Å²) in [5, 5.41) is 0. The SMILES string of the molecule is COc1ccc(C2CCC(C(C)=O)CC2)cc1-c1ccc(C(F)(F)F)cc1[C@@H]1CC[C@H]2[C@@H](c3cc(C(F)(F)F)cc(C(F)(F)F)c3)NS(=O)(=O)N12. The average Bonchev–Trinajstić information content (AvgIpc) is 3.62. The Morgan fingerprint density at radius 3 is 1.88 bits per heavy atom. The number of fused-ring (bicyclic) bond motifs is 1. The van der Waals surface area contributed by atoms with Crippen molar-refractivity contribution in [1.29, 1.82) is 0 Å². The second-order valence-electron chi connectivity index (χ2n) is 13.3. The number of hydrogen-bond donors (Lipinski definition) is 1. The van der Waals surface area contributed by atoms with E-state index in [-0.39, 0.29) is 53.4 Å². The van der Waals surface area contributed by atoms with Crippen LogP contribution in [0.25, 0.3) is 11.1 Å². The highest BCUT2D eigenvalue weighted by atomic mass is 32.2. The number of Topliss-reactive ketones (excluding diaryl/α,β-unsaturated/α-hetero) is 1. The van der Waals surface area contributed by atoms with Gasteiger partial charge >= 0.3 is 18.5 Å². The van der Waals surface area contributed by atoms with Crippen LogP contribution in [-0.2, 0) is 33.5 Å². The predicted octanol–water partition coefficient (Wildman–Crippen LogP) is 9.38. The summed E-state index contributed by atoms with van der Waals surface area (Å²) in [5.74, 6) is 0.384. The van der Waals surface area contributed by atoms with Gasteiger partial charge in [0.2, 0.25) is 0 Å². The van der Waals surface area contributed by atoms with E-state index in [1.54, 1.807) is 19.1 Å². The Balaban J connectivity index is 1.44. The molecule has 0 bridgehead atoms. The van der Waals surface area contributed by atoms with Crippen molar-refractivity contribution >= 4 is 16.0 Å². The van der Waals surface area contributed by atoms with Crippen molar-refractivity contribution in [3.05, 3.63) is 88.0 Å². The molecule has 276 valence electrons. The van der Waals surface area contributed by atoms with E-state index >= 15 is 0 Å². The van der Waals surface area contributed by atoms with Gasteiger partial charge in [-0.15, -0.1) is 0 Å². The molecule has 3 aromatic rings. The van der Waals surface area contributed by atoms with E-state index in [1.165, 1.54) is 13.2 Å². The standard InChI is InChI=1S/C35H33F9N2O4S/c1-18(47)19-3-5-20(6-4-19)21-7-12-31(50-2)28(15-21)26-9-8-23(33(36,37)38)17-27(26)29-10-11-30-32(45-51(48,49)46(29)30)22-13-24(34(39,40)41)16-25(14-22)35(42,43)44/h7-9,12-17,19-20,29-30,32,45H,3-6,10-11H2,1-2H3/t19?,20?,29-,30-,32+/m0/s1. The lowest BCUT2D eigenvalue weighted by Gasteiger charge is -2.29. The molecular formula is C35H33F9N2O4S. The van der Waals surface area contributed by atoms with Gasteiger partial charge in [0.15, 0.2) is 0 Å². The first-order valence-electron chi connectivity index (χ1n) is 16.2. The molecule has 3 aromatic carbocycles. The molecule has 1 N–H and O–H groups in total. The zero-order chi connectivity index (χ0) is 37.3. The zero-order valence-electron chi connectivity index (χ0n) is 27.2. The highest BCUT2D eigenvalue weighted by molar-refractivity contribution is 7.87. The van der Waals surface area contributed by atoms with Gasteiger partial charge < -0.3 is 4.74 Å². The molecule has 3 fully saturated rings. The first kappa shape index (κ1) is 37.1. The summed E-state index contributed by atoms with van der Waals surface area (Å²) in [4.78, 5) is 11.9. The summed E-state index contributed by atoms with van der Waals surface area (Å²) in [6.07, 6.45) is -12.6. The summed E-state index contributed by atoms with van der Waals surface area (Å²) in [5.41, 5.74) is -3.49. The Bertz CT molecular complexity index is 1900. The maximum absolute atomic E-state index is 14.1. The molecule has 2 aliphatic heterocycles. The lowest BCUT2D eigenvalue weighted by atomic mass is 9.77. The molecule has 0 amide bonds. The van der Waals surface area contributed by atoms with Gasteiger partial charge in [-0.05, 0) is 116 Å². The number of halogens is 9. The molecule has 16 heteroatoms. The fourth-order valence-electron chi connectivity index (χ4n) is 7.80. The van der Waals surface area contributed by atoms with Gasteiger partial charge in [-0.25, -0.2) is 0 Å². The van der Waals surface area contributed by atoms with E-state index in [9.17, 15) is 52.7 Å². The van der Waals surface area contributed by atoms with Crippen LogP contribution in [0, 0.1) is 5.92 Å². The molecule has 0 radical (unpaired) electrons. The van der Waals surface area contributed by atoms with Crippen LogP contribution < -0.4 is 9.46 Å². The van der Waals surface area contributed by atoms with Crippen LogP contribution >= 0.6 is 0 Å². The molecule has 3 aliphatic rings. The van der Waals surface area contributed by atoms with Gasteiger partial charge in [0.25, 0.3) is 10.2 Å². The van der Waals surface area contributed by atoms with Crippen LogP contribution in [0.1, 0.15) is 96.8 Å². The predicted molar refractivity (Wildman–Crippen MR) is 168 cm³/mol. The highest BCUT2D eigenvalue weighted by Crippen LogP contribution is 2.52. The number of alkyl halides is 9. The first-order chi connectivity index (χ1) is 23.7. The number of nitrogens with one attached hydrogen (secondary N) is 1. The second kappa shape index (κ2) is 13.1. The third-order valence-corrected chi connectivity index (χ3v) is 11.9. The molecule has 6 rings (SSSR count). The minimum absolute atomic E-state index is 0.0389. The topological polar surface area (TPSA) is 75.7 Å². The number of ether oxygens (including phenoxy) is 1. The molecule has 51 heavy (non-hydrogen) atoms.